The van der Waals surface area contributed by atoms with E-state index < -0.39 is 0 Å². The Balaban J connectivity index is 1.62. The molecule has 0 radical (unpaired) electrons. The molecule has 2 aliphatic rings. The number of thiocarbonyl (C=S) groups is 1. The number of benzene rings is 2. The Morgan fingerprint density at radius 2 is 1.71 bits per heavy atom. The standard InChI is InChI=1S/C24H24N2O3S2/c1-3-4-14-25-18-11-7-6-10-17(18)20(22(25)27)21-23(28)26(24(30)31-21)15-13-16-9-5-8-12-19(16)29-2/h5-12H,3-4,13-15H2,1-2H3. The van der Waals surface area contributed by atoms with Gasteiger partial charge in [-0.1, -0.05) is 73.7 Å². The Morgan fingerprint density at radius 1 is 0.968 bits per heavy atom. The van der Waals surface area contributed by atoms with Crippen LogP contribution in [-0.4, -0.2) is 41.2 Å². The Kier molecular flexibility index (Phi) is 6.43. The molecule has 31 heavy (non-hydrogen) atoms. The topological polar surface area (TPSA) is 49.9 Å². The van der Waals surface area contributed by atoms with Crippen LogP contribution in [0.15, 0.2) is 53.4 Å². The summed E-state index contributed by atoms with van der Waals surface area (Å²) in [4.78, 5) is 30.4. The summed E-state index contributed by atoms with van der Waals surface area (Å²) < 4.78 is 5.90. The monoisotopic (exact) mass is 452 g/mol. The van der Waals surface area contributed by atoms with Crippen LogP contribution in [0.5, 0.6) is 5.75 Å². The summed E-state index contributed by atoms with van der Waals surface area (Å²) in [6, 6.07) is 15.4. The molecule has 0 bridgehead atoms. The van der Waals surface area contributed by atoms with Crippen molar-refractivity contribution in [1.29, 1.82) is 0 Å². The number of fused-ring (bicyclic) bond motifs is 1. The number of hydrogen-bond donors (Lipinski definition) is 0. The van der Waals surface area contributed by atoms with Crippen LogP contribution in [0.3, 0.4) is 0 Å². The van der Waals surface area contributed by atoms with Crippen molar-refractivity contribution in [1.82, 2.24) is 4.90 Å². The van der Waals surface area contributed by atoms with Crippen LogP contribution in [0.25, 0.3) is 5.57 Å². The molecule has 0 aliphatic carbocycles. The maximum Gasteiger partial charge on any atom is 0.267 e. The Bertz CT molecular complexity index is 1080. The summed E-state index contributed by atoms with van der Waals surface area (Å²) in [5.41, 5.74) is 3.17. The first-order valence-corrected chi connectivity index (χ1v) is 11.6. The molecule has 2 aromatic rings. The van der Waals surface area contributed by atoms with Crippen LogP contribution >= 0.6 is 24.0 Å². The zero-order valence-corrected chi connectivity index (χ0v) is 19.2. The number of amides is 2. The van der Waals surface area contributed by atoms with E-state index in [2.05, 4.69) is 6.92 Å². The van der Waals surface area contributed by atoms with Gasteiger partial charge >= 0.3 is 0 Å². The summed E-state index contributed by atoms with van der Waals surface area (Å²) in [7, 11) is 1.64. The van der Waals surface area contributed by atoms with Gasteiger partial charge in [0.2, 0.25) is 0 Å². The molecule has 2 amide bonds. The molecule has 2 aromatic carbocycles. The van der Waals surface area contributed by atoms with E-state index in [-0.39, 0.29) is 11.8 Å². The highest BCUT2D eigenvalue weighted by atomic mass is 32.2. The number of ether oxygens (including phenoxy) is 1. The molecule has 1 fully saturated rings. The highest BCUT2D eigenvalue weighted by Gasteiger charge is 2.41. The van der Waals surface area contributed by atoms with Crippen molar-refractivity contribution in [3.8, 4) is 5.75 Å². The molecule has 2 heterocycles. The van der Waals surface area contributed by atoms with Crippen LogP contribution < -0.4 is 9.64 Å². The number of unbranched alkanes of at least 4 members (excludes halogenated alkanes) is 1. The average molecular weight is 453 g/mol. The van der Waals surface area contributed by atoms with Gasteiger partial charge in [0.15, 0.2) is 0 Å². The fourth-order valence-electron chi connectivity index (χ4n) is 3.92. The predicted molar refractivity (Wildman–Crippen MR) is 129 cm³/mol. The van der Waals surface area contributed by atoms with Crippen molar-refractivity contribution in [2.45, 2.75) is 26.2 Å². The largest absolute Gasteiger partial charge is 0.496 e. The number of para-hydroxylation sites is 2. The van der Waals surface area contributed by atoms with Gasteiger partial charge in [0.05, 0.1) is 23.3 Å². The van der Waals surface area contributed by atoms with Crippen molar-refractivity contribution in [3.05, 3.63) is 64.6 Å². The Morgan fingerprint density at radius 3 is 2.48 bits per heavy atom. The fraction of sp³-hybridized carbons (Fsp3) is 0.292. The number of carbonyl (C=O) groups excluding carboxylic acids is 2. The van der Waals surface area contributed by atoms with Gasteiger partial charge in [0.25, 0.3) is 11.8 Å². The quantitative estimate of drug-likeness (QED) is 0.452. The molecule has 5 nitrogen and oxygen atoms in total. The molecule has 4 rings (SSSR count). The molecule has 0 saturated carbocycles. The van der Waals surface area contributed by atoms with Gasteiger partial charge in [-0.05, 0) is 30.5 Å². The van der Waals surface area contributed by atoms with Crippen molar-refractivity contribution in [3.63, 3.8) is 0 Å². The zero-order valence-electron chi connectivity index (χ0n) is 17.6. The second kappa shape index (κ2) is 9.24. The Labute approximate surface area is 192 Å². The van der Waals surface area contributed by atoms with E-state index >= 15 is 0 Å². The smallest absolute Gasteiger partial charge is 0.267 e. The SMILES string of the molecule is CCCCN1C(=O)C(=C2SC(=S)N(CCc3ccccc3OC)C2=O)c2ccccc21. The number of nitrogens with zero attached hydrogens (tertiary/aromatic N) is 2. The van der Waals surface area contributed by atoms with E-state index in [1.165, 1.54) is 11.8 Å². The van der Waals surface area contributed by atoms with Crippen LogP contribution in [0.2, 0.25) is 0 Å². The molecular weight excluding hydrogens is 428 g/mol. The first kappa shape index (κ1) is 21.6. The minimum absolute atomic E-state index is 0.111. The van der Waals surface area contributed by atoms with Crippen molar-refractivity contribution >= 4 is 51.4 Å². The van der Waals surface area contributed by atoms with Crippen LogP contribution in [0.4, 0.5) is 5.69 Å². The predicted octanol–water partition coefficient (Wildman–Crippen LogP) is 4.66. The summed E-state index contributed by atoms with van der Waals surface area (Å²) in [6.45, 7) is 3.18. The van der Waals surface area contributed by atoms with Crippen LogP contribution in [0.1, 0.15) is 30.9 Å². The fourth-order valence-corrected chi connectivity index (χ4v) is 5.30. The number of anilines is 1. The van der Waals surface area contributed by atoms with E-state index in [1.54, 1.807) is 16.9 Å². The van der Waals surface area contributed by atoms with Gasteiger partial charge in [-0.25, -0.2) is 0 Å². The average Bonchev–Trinajstić information content (AvgIpc) is 3.22. The number of methoxy groups -OCH3 is 1. The van der Waals surface area contributed by atoms with E-state index in [1.807, 2.05) is 48.5 Å². The number of thioether (sulfide) groups is 1. The summed E-state index contributed by atoms with van der Waals surface area (Å²) in [6.07, 6.45) is 2.52. The summed E-state index contributed by atoms with van der Waals surface area (Å²) >= 11 is 6.75. The van der Waals surface area contributed by atoms with Crippen molar-refractivity contribution in [2.24, 2.45) is 0 Å². The third-order valence-electron chi connectivity index (χ3n) is 5.53. The molecule has 0 atom stereocenters. The van der Waals surface area contributed by atoms with Gasteiger partial charge in [-0.15, -0.1) is 0 Å². The molecule has 0 aromatic heterocycles. The summed E-state index contributed by atoms with van der Waals surface area (Å²) in [5, 5.41) is 0. The molecule has 0 spiro atoms. The summed E-state index contributed by atoms with van der Waals surface area (Å²) in [5.74, 6) is 0.484. The lowest BCUT2D eigenvalue weighted by Crippen LogP contribution is -2.31. The lowest BCUT2D eigenvalue weighted by molar-refractivity contribution is -0.122. The lowest BCUT2D eigenvalue weighted by atomic mass is 10.1. The highest BCUT2D eigenvalue weighted by Crippen LogP contribution is 2.44. The van der Waals surface area contributed by atoms with E-state index in [0.717, 1.165) is 35.4 Å². The maximum absolute atomic E-state index is 13.3. The molecule has 1 saturated heterocycles. The van der Waals surface area contributed by atoms with Gasteiger partial charge in [-0.2, -0.15) is 0 Å². The lowest BCUT2D eigenvalue weighted by Gasteiger charge is -2.16. The van der Waals surface area contributed by atoms with E-state index in [9.17, 15) is 9.59 Å². The Hall–Kier alpha value is -2.64. The molecule has 160 valence electrons. The normalized spacial score (nSPS) is 18.2. The molecule has 2 aliphatic heterocycles. The minimum Gasteiger partial charge on any atom is -0.496 e. The van der Waals surface area contributed by atoms with E-state index in [0.29, 0.717) is 34.3 Å². The molecule has 0 unspecified atom stereocenters. The van der Waals surface area contributed by atoms with Crippen molar-refractivity contribution in [2.75, 3.05) is 25.1 Å². The van der Waals surface area contributed by atoms with Crippen LogP contribution in [0, 0.1) is 0 Å². The first-order valence-electron chi connectivity index (χ1n) is 10.4. The second-order valence-electron chi connectivity index (χ2n) is 7.42. The van der Waals surface area contributed by atoms with E-state index in [4.69, 9.17) is 17.0 Å². The zero-order chi connectivity index (χ0) is 22.0. The second-order valence-corrected chi connectivity index (χ2v) is 9.06. The molecule has 7 heteroatoms. The van der Waals surface area contributed by atoms with Gasteiger partial charge < -0.3 is 9.64 Å². The van der Waals surface area contributed by atoms with Gasteiger partial charge in [-0.3, -0.25) is 14.5 Å². The van der Waals surface area contributed by atoms with Gasteiger partial charge in [0, 0.05) is 18.7 Å². The highest BCUT2D eigenvalue weighted by molar-refractivity contribution is 8.26. The third-order valence-corrected chi connectivity index (χ3v) is 6.98. The van der Waals surface area contributed by atoms with Crippen LogP contribution in [-0.2, 0) is 16.0 Å². The molecular formula is C24H24N2O3S2. The number of rotatable bonds is 7. The van der Waals surface area contributed by atoms with Crippen molar-refractivity contribution < 1.29 is 14.3 Å². The number of carbonyl (C=O) groups is 2. The maximum atomic E-state index is 13.3. The third kappa shape index (κ3) is 4.00. The number of hydrogen-bond acceptors (Lipinski definition) is 5. The molecule has 0 N–H and O–H groups in total. The first-order chi connectivity index (χ1) is 15.1. The minimum atomic E-state index is -0.194. The van der Waals surface area contributed by atoms with Gasteiger partial charge in [0.1, 0.15) is 10.1 Å².